The van der Waals surface area contributed by atoms with Crippen molar-refractivity contribution in [2.45, 2.75) is 6.92 Å². The molecule has 5 nitrogen and oxygen atoms in total. The maximum Gasteiger partial charge on any atom is 0.292 e. The van der Waals surface area contributed by atoms with Crippen molar-refractivity contribution in [1.82, 2.24) is 0 Å². The fourth-order valence-electron chi connectivity index (χ4n) is 1.58. The van der Waals surface area contributed by atoms with Crippen LogP contribution in [0.25, 0.3) is 0 Å². The number of benzene rings is 2. The number of phenols is 1. The number of hydrogen-bond acceptors (Lipinski definition) is 4. The zero-order chi connectivity index (χ0) is 13.1. The average Bonchev–Trinajstić information content (AvgIpc) is 2.32. The lowest BCUT2D eigenvalue weighted by atomic mass is 10.2. The Hall–Kier alpha value is -2.56. The maximum atomic E-state index is 10.9. The van der Waals surface area contributed by atoms with E-state index in [1.165, 1.54) is 18.2 Å². The van der Waals surface area contributed by atoms with Crippen molar-refractivity contribution >= 4 is 17.1 Å². The Balaban J connectivity index is 2.35. The molecule has 0 amide bonds. The summed E-state index contributed by atoms with van der Waals surface area (Å²) in [4.78, 5) is 10.4. The molecule has 0 aliphatic carbocycles. The molecule has 0 aliphatic rings. The summed E-state index contributed by atoms with van der Waals surface area (Å²) < 4.78 is 0. The first-order chi connectivity index (χ1) is 8.56. The monoisotopic (exact) mass is 244 g/mol. The third-order valence-corrected chi connectivity index (χ3v) is 2.51. The first-order valence-electron chi connectivity index (χ1n) is 5.37. The van der Waals surface area contributed by atoms with E-state index in [1.807, 2.05) is 31.2 Å². The maximum absolute atomic E-state index is 10.9. The fraction of sp³-hybridized carbons (Fsp3) is 0.0769. The second kappa shape index (κ2) is 4.75. The third-order valence-electron chi connectivity index (χ3n) is 2.51. The summed E-state index contributed by atoms with van der Waals surface area (Å²) in [6, 6.07) is 11.3. The highest BCUT2D eigenvalue weighted by atomic mass is 16.6. The summed E-state index contributed by atoms with van der Waals surface area (Å²) >= 11 is 0. The molecule has 0 spiro atoms. The molecule has 0 heterocycles. The van der Waals surface area contributed by atoms with Crippen LogP contribution in [0.1, 0.15) is 5.56 Å². The zero-order valence-electron chi connectivity index (χ0n) is 9.75. The Bertz CT molecular complexity index is 579. The van der Waals surface area contributed by atoms with Crippen LogP contribution >= 0.6 is 0 Å². The first kappa shape index (κ1) is 11.9. The van der Waals surface area contributed by atoms with Gasteiger partial charge in [-0.15, -0.1) is 0 Å². The second-order valence-electron chi connectivity index (χ2n) is 3.95. The van der Waals surface area contributed by atoms with Crippen molar-refractivity contribution < 1.29 is 10.0 Å². The lowest BCUT2D eigenvalue weighted by molar-refractivity contribution is -0.383. The van der Waals surface area contributed by atoms with Gasteiger partial charge in [-0.25, -0.2) is 0 Å². The number of aryl methyl sites for hydroxylation is 1. The number of nitrogens with one attached hydrogen (secondary N) is 1. The number of aromatic hydroxyl groups is 1. The summed E-state index contributed by atoms with van der Waals surface area (Å²) in [5, 5.41) is 23.2. The first-order valence-corrected chi connectivity index (χ1v) is 5.37. The lowest BCUT2D eigenvalue weighted by Crippen LogP contribution is -1.96. The van der Waals surface area contributed by atoms with Crippen LogP contribution in [0.2, 0.25) is 0 Å². The van der Waals surface area contributed by atoms with Crippen LogP contribution in [-0.2, 0) is 0 Å². The van der Waals surface area contributed by atoms with Gasteiger partial charge in [0.2, 0.25) is 0 Å². The van der Waals surface area contributed by atoms with E-state index >= 15 is 0 Å². The molecule has 0 saturated heterocycles. The number of nitrogens with zero attached hydrogens (tertiary/aromatic N) is 1. The van der Waals surface area contributed by atoms with E-state index < -0.39 is 4.92 Å². The highest BCUT2D eigenvalue weighted by Crippen LogP contribution is 2.30. The number of rotatable bonds is 3. The van der Waals surface area contributed by atoms with Crippen molar-refractivity contribution in [1.29, 1.82) is 0 Å². The van der Waals surface area contributed by atoms with Gasteiger partial charge < -0.3 is 10.4 Å². The molecule has 0 bridgehead atoms. The van der Waals surface area contributed by atoms with Crippen molar-refractivity contribution in [3.63, 3.8) is 0 Å². The van der Waals surface area contributed by atoms with Crippen LogP contribution in [0.15, 0.2) is 42.5 Å². The molecule has 2 N–H and O–H groups in total. The molecule has 5 heteroatoms. The number of nitro groups is 1. The minimum absolute atomic E-state index is 0.0183. The highest BCUT2D eigenvalue weighted by molar-refractivity contribution is 5.71. The quantitative estimate of drug-likeness (QED) is 0.641. The summed E-state index contributed by atoms with van der Waals surface area (Å²) in [5.74, 6) is -0.0183. The van der Waals surface area contributed by atoms with Gasteiger partial charge in [0, 0.05) is 17.8 Å². The molecule has 2 aromatic carbocycles. The summed E-state index contributed by atoms with van der Waals surface area (Å²) in [5.41, 5.74) is 2.03. The molecule has 0 fully saturated rings. The molecule has 92 valence electrons. The van der Waals surface area contributed by atoms with E-state index in [9.17, 15) is 15.2 Å². The summed E-state index contributed by atoms with van der Waals surface area (Å²) in [6.07, 6.45) is 0. The van der Waals surface area contributed by atoms with Gasteiger partial charge in [0.15, 0.2) is 0 Å². The molecule has 0 aliphatic heterocycles. The van der Waals surface area contributed by atoms with Crippen LogP contribution < -0.4 is 5.32 Å². The van der Waals surface area contributed by atoms with E-state index in [-0.39, 0.29) is 17.1 Å². The third kappa shape index (κ3) is 2.57. The summed E-state index contributed by atoms with van der Waals surface area (Å²) in [7, 11) is 0. The standard InChI is InChI=1S/C13H12N2O3/c1-9-2-4-10(5-3-9)14-12-8-11(16)6-7-13(12)15(17)18/h2-8,14,16H,1H3. The molecular formula is C13H12N2O3. The highest BCUT2D eigenvalue weighted by Gasteiger charge is 2.14. The van der Waals surface area contributed by atoms with Gasteiger partial charge >= 0.3 is 0 Å². The van der Waals surface area contributed by atoms with Gasteiger partial charge in [-0.3, -0.25) is 10.1 Å². The van der Waals surface area contributed by atoms with Crippen molar-refractivity contribution in [2.24, 2.45) is 0 Å². The van der Waals surface area contributed by atoms with E-state index in [2.05, 4.69) is 5.32 Å². The van der Waals surface area contributed by atoms with Gasteiger partial charge in [-0.1, -0.05) is 17.7 Å². The topological polar surface area (TPSA) is 75.4 Å². The normalized spacial score (nSPS) is 10.1. The van der Waals surface area contributed by atoms with Crippen molar-refractivity contribution in [2.75, 3.05) is 5.32 Å². The Morgan fingerprint density at radius 1 is 1.17 bits per heavy atom. The van der Waals surface area contributed by atoms with Gasteiger partial charge in [-0.05, 0) is 25.1 Å². The molecule has 0 unspecified atom stereocenters. The minimum atomic E-state index is -0.490. The number of anilines is 2. The van der Waals surface area contributed by atoms with Crippen LogP contribution in [0.3, 0.4) is 0 Å². The van der Waals surface area contributed by atoms with E-state index in [1.54, 1.807) is 0 Å². The minimum Gasteiger partial charge on any atom is -0.508 e. The van der Waals surface area contributed by atoms with Crippen LogP contribution in [0.5, 0.6) is 5.75 Å². The molecule has 2 rings (SSSR count). The van der Waals surface area contributed by atoms with Gasteiger partial charge in [0.05, 0.1) is 4.92 Å². The number of phenolic OH excluding ortho intramolecular Hbond substituents is 1. The number of nitro benzene ring substituents is 1. The Labute approximate surface area is 104 Å². The lowest BCUT2D eigenvalue weighted by Gasteiger charge is -2.07. The Kier molecular flexibility index (Phi) is 3.14. The van der Waals surface area contributed by atoms with Gasteiger partial charge in [-0.2, -0.15) is 0 Å². The average molecular weight is 244 g/mol. The molecule has 0 saturated carbocycles. The van der Waals surface area contributed by atoms with Crippen molar-refractivity contribution in [3.05, 3.63) is 58.1 Å². The molecule has 0 radical (unpaired) electrons. The van der Waals surface area contributed by atoms with E-state index in [0.717, 1.165) is 11.3 Å². The molecule has 0 atom stereocenters. The predicted molar refractivity (Wildman–Crippen MR) is 69.2 cm³/mol. The van der Waals surface area contributed by atoms with E-state index in [0.29, 0.717) is 0 Å². The van der Waals surface area contributed by atoms with Crippen LogP contribution in [-0.4, -0.2) is 10.0 Å². The molecule has 0 aromatic heterocycles. The van der Waals surface area contributed by atoms with E-state index in [4.69, 9.17) is 0 Å². The van der Waals surface area contributed by atoms with Crippen LogP contribution in [0, 0.1) is 17.0 Å². The molecule has 18 heavy (non-hydrogen) atoms. The molecule has 2 aromatic rings. The number of hydrogen-bond donors (Lipinski definition) is 2. The summed E-state index contributed by atoms with van der Waals surface area (Å²) in [6.45, 7) is 1.96. The fourth-order valence-corrected chi connectivity index (χ4v) is 1.58. The second-order valence-corrected chi connectivity index (χ2v) is 3.95. The molecular weight excluding hydrogens is 232 g/mol. The Morgan fingerprint density at radius 3 is 2.44 bits per heavy atom. The van der Waals surface area contributed by atoms with Gasteiger partial charge in [0.1, 0.15) is 11.4 Å². The van der Waals surface area contributed by atoms with Crippen molar-refractivity contribution in [3.8, 4) is 5.75 Å². The Morgan fingerprint density at radius 2 is 1.83 bits per heavy atom. The van der Waals surface area contributed by atoms with Gasteiger partial charge in [0.25, 0.3) is 5.69 Å². The predicted octanol–water partition coefficient (Wildman–Crippen LogP) is 3.35. The SMILES string of the molecule is Cc1ccc(Nc2cc(O)ccc2[N+](=O)[O-])cc1. The largest absolute Gasteiger partial charge is 0.508 e. The zero-order valence-corrected chi connectivity index (χ0v) is 9.75. The smallest absolute Gasteiger partial charge is 0.292 e. The van der Waals surface area contributed by atoms with Crippen LogP contribution in [0.4, 0.5) is 17.1 Å².